The Morgan fingerprint density at radius 2 is 2.00 bits per heavy atom. The van der Waals surface area contributed by atoms with Gasteiger partial charge >= 0.3 is 11.5 Å². The number of halogens is 4. The predicted molar refractivity (Wildman–Crippen MR) is 117 cm³/mol. The maximum Gasteiger partial charge on any atom is 0.370 e. The van der Waals surface area contributed by atoms with Crippen LogP contribution in [0.5, 0.6) is 0 Å². The van der Waals surface area contributed by atoms with Gasteiger partial charge in [-0.15, -0.1) is 0 Å². The summed E-state index contributed by atoms with van der Waals surface area (Å²) in [7, 11) is 1.83. The van der Waals surface area contributed by atoms with Gasteiger partial charge in [-0.25, -0.2) is 8.96 Å². The number of aromatic nitrogens is 2. The second-order valence-corrected chi connectivity index (χ2v) is 8.44. The van der Waals surface area contributed by atoms with Gasteiger partial charge in [-0.05, 0) is 58.7 Å². The van der Waals surface area contributed by atoms with Crippen LogP contribution in [0.15, 0.2) is 51.5 Å². The number of aryl methyl sites for hydroxylation is 1. The lowest BCUT2D eigenvalue weighted by Crippen LogP contribution is -2.28. The zero-order chi connectivity index (χ0) is 21.6. The Kier molecular flexibility index (Phi) is 5.53. The molecule has 1 amide bonds. The van der Waals surface area contributed by atoms with Gasteiger partial charge in [-0.1, -0.05) is 23.2 Å². The van der Waals surface area contributed by atoms with E-state index in [1.165, 1.54) is 24.3 Å². The van der Waals surface area contributed by atoms with Gasteiger partial charge in [-0.2, -0.15) is 0 Å². The average Bonchev–Trinajstić information content (AvgIpc) is 3.08. The highest BCUT2D eigenvalue weighted by Crippen LogP contribution is 2.32. The molecule has 0 bridgehead atoms. The number of benzene rings is 2. The first-order chi connectivity index (χ1) is 14.2. The van der Waals surface area contributed by atoms with Crippen LogP contribution in [0.25, 0.3) is 22.7 Å². The van der Waals surface area contributed by atoms with Crippen molar-refractivity contribution in [2.24, 2.45) is 7.05 Å². The molecule has 0 spiro atoms. The third-order valence-electron chi connectivity index (χ3n) is 4.58. The minimum Gasteiger partial charge on any atom is -0.411 e. The summed E-state index contributed by atoms with van der Waals surface area (Å²) in [5.74, 6) is -0.777. The number of carbonyl (C=O) groups is 1. The Morgan fingerprint density at radius 3 is 2.73 bits per heavy atom. The molecule has 0 aliphatic heterocycles. The molecule has 5 nitrogen and oxygen atoms in total. The van der Waals surface area contributed by atoms with Crippen LogP contribution >= 0.6 is 39.1 Å². The highest BCUT2D eigenvalue weighted by atomic mass is 79.9. The number of nitrogens with one attached hydrogen (secondary N) is 1. The molecule has 0 saturated carbocycles. The molecule has 152 valence electrons. The van der Waals surface area contributed by atoms with Crippen molar-refractivity contribution in [2.75, 3.05) is 5.32 Å². The van der Waals surface area contributed by atoms with Gasteiger partial charge in [0.2, 0.25) is 5.58 Å². The van der Waals surface area contributed by atoms with Crippen molar-refractivity contribution in [3.8, 4) is 11.5 Å². The zero-order valence-corrected chi connectivity index (χ0v) is 18.9. The van der Waals surface area contributed by atoms with E-state index in [0.29, 0.717) is 27.4 Å². The van der Waals surface area contributed by atoms with Crippen molar-refractivity contribution in [2.45, 2.75) is 6.92 Å². The van der Waals surface area contributed by atoms with E-state index in [-0.39, 0.29) is 22.2 Å². The summed E-state index contributed by atoms with van der Waals surface area (Å²) in [6.07, 6.45) is 1.84. The van der Waals surface area contributed by atoms with Gasteiger partial charge < -0.3 is 9.73 Å². The fraction of sp³-hybridized carbons (Fsp3) is 0.0952. The smallest absolute Gasteiger partial charge is 0.370 e. The van der Waals surface area contributed by atoms with Crippen molar-refractivity contribution in [3.63, 3.8) is 0 Å². The van der Waals surface area contributed by atoms with Crippen LogP contribution in [-0.2, 0) is 7.05 Å². The van der Waals surface area contributed by atoms with Crippen molar-refractivity contribution in [3.05, 3.63) is 74.1 Å². The van der Waals surface area contributed by atoms with Crippen LogP contribution in [0.4, 0.5) is 10.1 Å². The number of amides is 1. The lowest BCUT2D eigenvalue weighted by molar-refractivity contribution is -0.647. The number of oxazole rings is 1. The van der Waals surface area contributed by atoms with Gasteiger partial charge in [0.15, 0.2) is 0 Å². The highest BCUT2D eigenvalue weighted by molar-refractivity contribution is 9.10. The minimum atomic E-state index is -0.541. The van der Waals surface area contributed by atoms with E-state index in [1.54, 1.807) is 23.6 Å². The topological polar surface area (TPSA) is 59.0 Å². The molecule has 4 rings (SSSR count). The molecule has 0 saturated heterocycles. The Balaban J connectivity index is 1.75. The van der Waals surface area contributed by atoms with Gasteiger partial charge in [0.1, 0.15) is 12.0 Å². The minimum absolute atomic E-state index is 0.200. The fourth-order valence-electron chi connectivity index (χ4n) is 3.09. The second kappa shape index (κ2) is 7.98. The molecular weight excluding hydrogens is 496 g/mol. The Morgan fingerprint density at radius 1 is 1.23 bits per heavy atom. The molecule has 0 aliphatic rings. The summed E-state index contributed by atoms with van der Waals surface area (Å²) in [5.41, 5.74) is 2.70. The number of carbonyl (C=O) groups excluding carboxylic acids is 1. The molecule has 0 atom stereocenters. The Labute approximate surface area is 189 Å². The summed E-state index contributed by atoms with van der Waals surface area (Å²) >= 11 is 15.4. The number of anilines is 1. The molecule has 9 heteroatoms. The Hall–Kier alpha value is -2.48. The lowest BCUT2D eigenvalue weighted by atomic mass is 10.1. The van der Waals surface area contributed by atoms with Crippen LogP contribution in [0.1, 0.15) is 15.9 Å². The summed E-state index contributed by atoms with van der Waals surface area (Å²) < 4.78 is 22.9. The molecule has 1 N–H and O–H groups in total. The van der Waals surface area contributed by atoms with Gasteiger partial charge in [0.25, 0.3) is 5.91 Å². The van der Waals surface area contributed by atoms with Crippen LogP contribution in [-0.4, -0.2) is 10.9 Å². The van der Waals surface area contributed by atoms with Crippen LogP contribution in [0, 0.1) is 12.7 Å². The Bertz CT molecular complexity index is 1320. The predicted octanol–water partition coefficient (Wildman–Crippen LogP) is 6.09. The first kappa shape index (κ1) is 20.8. The van der Waals surface area contributed by atoms with Crippen molar-refractivity contribution in [1.82, 2.24) is 4.98 Å². The van der Waals surface area contributed by atoms with E-state index >= 15 is 0 Å². The average molecular weight is 510 g/mol. The molecule has 4 aromatic rings. The van der Waals surface area contributed by atoms with E-state index in [1.807, 2.05) is 13.2 Å². The fourth-order valence-corrected chi connectivity index (χ4v) is 4.10. The van der Waals surface area contributed by atoms with Crippen molar-refractivity contribution >= 4 is 62.0 Å². The number of rotatable bonds is 3. The third kappa shape index (κ3) is 3.93. The number of fused-ring (bicyclic) bond motifs is 1. The van der Waals surface area contributed by atoms with E-state index < -0.39 is 11.7 Å². The number of pyridine rings is 1. The monoisotopic (exact) mass is 508 g/mol. The van der Waals surface area contributed by atoms with Crippen LogP contribution < -0.4 is 9.88 Å². The molecule has 0 radical (unpaired) electrons. The first-order valence-electron chi connectivity index (χ1n) is 8.75. The zero-order valence-electron chi connectivity index (χ0n) is 15.8. The molecule has 2 aromatic carbocycles. The summed E-state index contributed by atoms with van der Waals surface area (Å²) in [6.45, 7) is 1.75. The standard InChI is InChI=1S/C21H13BrCl2FN3O2/c1-10-15(21-27-19-18(30-21)5-11(22)9-28(19)2)7-13(25)8-17(10)26-20(29)14-4-3-12(23)6-16(14)24/h3-9H,1-2H3/p+1. The van der Waals surface area contributed by atoms with E-state index in [4.69, 9.17) is 27.6 Å². The molecule has 0 aliphatic carbocycles. The second-order valence-electron chi connectivity index (χ2n) is 6.68. The van der Waals surface area contributed by atoms with Crippen LogP contribution in [0.3, 0.4) is 0 Å². The highest BCUT2D eigenvalue weighted by Gasteiger charge is 2.24. The molecule has 2 heterocycles. The van der Waals surface area contributed by atoms with E-state index in [0.717, 1.165) is 4.47 Å². The number of hydrogen-bond acceptors (Lipinski definition) is 3. The molecule has 0 fully saturated rings. The number of nitrogens with zero attached hydrogens (tertiary/aromatic N) is 2. The summed E-state index contributed by atoms with van der Waals surface area (Å²) in [4.78, 5) is 17.2. The van der Waals surface area contributed by atoms with E-state index in [2.05, 4.69) is 26.2 Å². The van der Waals surface area contributed by atoms with Gasteiger partial charge in [-0.3, -0.25) is 4.79 Å². The molecular formula is C21H14BrCl2FN3O2+. The maximum absolute atomic E-state index is 14.4. The normalized spacial score (nSPS) is 11.1. The quantitative estimate of drug-likeness (QED) is 0.340. The van der Waals surface area contributed by atoms with Gasteiger partial charge in [0.05, 0.1) is 27.7 Å². The third-order valence-corrected chi connectivity index (χ3v) is 5.56. The SMILES string of the molecule is Cc1c(NC(=O)c2ccc(Cl)cc2Cl)cc(F)cc1-c1nc2c(cc(Br)c[n+]2C)o1. The van der Waals surface area contributed by atoms with E-state index in [9.17, 15) is 9.18 Å². The largest absolute Gasteiger partial charge is 0.411 e. The molecule has 30 heavy (non-hydrogen) atoms. The van der Waals surface area contributed by atoms with Crippen molar-refractivity contribution < 1.29 is 18.2 Å². The maximum atomic E-state index is 14.4. The molecule has 2 aromatic heterocycles. The number of hydrogen-bond donors (Lipinski definition) is 1. The van der Waals surface area contributed by atoms with Crippen molar-refractivity contribution in [1.29, 1.82) is 0 Å². The van der Waals surface area contributed by atoms with Gasteiger partial charge in [0, 0.05) is 21.8 Å². The summed E-state index contributed by atoms with van der Waals surface area (Å²) in [6, 6.07) is 8.88. The summed E-state index contributed by atoms with van der Waals surface area (Å²) in [5, 5.41) is 3.32. The molecule has 0 unspecified atom stereocenters. The lowest BCUT2D eigenvalue weighted by Gasteiger charge is -2.11. The van der Waals surface area contributed by atoms with Crippen LogP contribution in [0.2, 0.25) is 10.0 Å². The first-order valence-corrected chi connectivity index (χ1v) is 10.3.